The van der Waals surface area contributed by atoms with Gasteiger partial charge in [0.15, 0.2) is 11.5 Å². The Kier molecular flexibility index (Phi) is 7.62. The first-order valence-electron chi connectivity index (χ1n) is 10.9. The fourth-order valence-corrected chi connectivity index (χ4v) is 3.70. The van der Waals surface area contributed by atoms with Crippen LogP contribution in [0.5, 0.6) is 23.0 Å². The molecule has 0 saturated carbocycles. The molecule has 0 spiro atoms. The molecule has 0 saturated heterocycles. The summed E-state index contributed by atoms with van der Waals surface area (Å²) in [5, 5.41) is 8.07. The third-order valence-corrected chi connectivity index (χ3v) is 5.54. The summed E-state index contributed by atoms with van der Waals surface area (Å²) in [5.74, 6) is 3.13. The zero-order valence-electron chi connectivity index (χ0n) is 19.9. The van der Waals surface area contributed by atoms with Crippen molar-refractivity contribution in [2.24, 2.45) is 0 Å². The van der Waals surface area contributed by atoms with Crippen LogP contribution in [0.1, 0.15) is 17.0 Å². The molecule has 0 aliphatic carbocycles. The third kappa shape index (κ3) is 5.78. The highest BCUT2D eigenvalue weighted by atomic mass is 35.5. The highest BCUT2D eigenvalue weighted by molar-refractivity contribution is 6.30. The monoisotopic (exact) mass is 495 g/mol. The lowest BCUT2D eigenvalue weighted by Crippen LogP contribution is -2.02. The number of ether oxygens (including phenoxy) is 4. The molecule has 0 aliphatic rings. The van der Waals surface area contributed by atoms with Crippen molar-refractivity contribution in [1.29, 1.82) is 0 Å². The quantitative estimate of drug-likeness (QED) is 0.290. The molecule has 0 fully saturated rings. The SMILES string of the molecule is COc1cc(-c2noc(CNc3ccc(C)c(OCc4cccc(Cl)c4)c3)n2)cc(OC)c1OC. The van der Waals surface area contributed by atoms with E-state index >= 15 is 0 Å². The number of rotatable bonds is 10. The molecule has 0 radical (unpaired) electrons. The van der Waals surface area contributed by atoms with Crippen LogP contribution in [-0.2, 0) is 13.2 Å². The Morgan fingerprint density at radius 3 is 2.37 bits per heavy atom. The van der Waals surface area contributed by atoms with Crippen LogP contribution in [0.4, 0.5) is 5.69 Å². The number of hydrogen-bond donors (Lipinski definition) is 1. The number of aryl methyl sites for hydroxylation is 1. The fourth-order valence-electron chi connectivity index (χ4n) is 3.49. The topological polar surface area (TPSA) is 87.9 Å². The van der Waals surface area contributed by atoms with Crippen molar-refractivity contribution in [3.8, 4) is 34.4 Å². The van der Waals surface area contributed by atoms with Crippen molar-refractivity contribution >= 4 is 17.3 Å². The summed E-state index contributed by atoms with van der Waals surface area (Å²) in [7, 11) is 4.67. The summed E-state index contributed by atoms with van der Waals surface area (Å²) < 4.78 is 27.6. The maximum absolute atomic E-state index is 6.06. The van der Waals surface area contributed by atoms with Gasteiger partial charge in [0.1, 0.15) is 12.4 Å². The van der Waals surface area contributed by atoms with Crippen molar-refractivity contribution in [1.82, 2.24) is 10.1 Å². The average Bonchev–Trinajstić information content (AvgIpc) is 3.35. The number of aromatic nitrogens is 2. The van der Waals surface area contributed by atoms with Crippen LogP contribution in [0.25, 0.3) is 11.4 Å². The summed E-state index contributed by atoms with van der Waals surface area (Å²) in [4.78, 5) is 4.49. The van der Waals surface area contributed by atoms with Crippen LogP contribution >= 0.6 is 11.6 Å². The van der Waals surface area contributed by atoms with Crippen LogP contribution in [0, 0.1) is 6.92 Å². The Morgan fingerprint density at radius 2 is 1.69 bits per heavy atom. The van der Waals surface area contributed by atoms with Crippen molar-refractivity contribution in [2.75, 3.05) is 26.6 Å². The van der Waals surface area contributed by atoms with E-state index < -0.39 is 0 Å². The zero-order valence-corrected chi connectivity index (χ0v) is 20.7. The smallest absolute Gasteiger partial charge is 0.246 e. The van der Waals surface area contributed by atoms with Gasteiger partial charge in [-0.25, -0.2) is 0 Å². The van der Waals surface area contributed by atoms with Gasteiger partial charge in [-0.3, -0.25) is 0 Å². The van der Waals surface area contributed by atoms with E-state index in [0.29, 0.717) is 52.7 Å². The van der Waals surface area contributed by atoms with Crippen LogP contribution in [-0.4, -0.2) is 31.5 Å². The Hall–Kier alpha value is -3.91. The van der Waals surface area contributed by atoms with Crippen LogP contribution in [0.2, 0.25) is 5.02 Å². The molecule has 1 aromatic heterocycles. The molecule has 0 unspecified atom stereocenters. The van der Waals surface area contributed by atoms with E-state index in [1.807, 2.05) is 49.4 Å². The summed E-state index contributed by atoms with van der Waals surface area (Å²) >= 11 is 6.06. The summed E-state index contributed by atoms with van der Waals surface area (Å²) in [5.41, 5.74) is 3.58. The largest absolute Gasteiger partial charge is 0.493 e. The molecule has 35 heavy (non-hydrogen) atoms. The number of methoxy groups -OCH3 is 3. The van der Waals surface area contributed by atoms with Crippen molar-refractivity contribution in [3.63, 3.8) is 0 Å². The second-order valence-electron chi connectivity index (χ2n) is 7.68. The molecule has 0 aliphatic heterocycles. The van der Waals surface area contributed by atoms with Gasteiger partial charge in [0.2, 0.25) is 17.5 Å². The first-order chi connectivity index (χ1) is 17.0. The molecule has 9 heteroatoms. The van der Waals surface area contributed by atoms with Crippen LogP contribution in [0.3, 0.4) is 0 Å². The zero-order chi connectivity index (χ0) is 24.8. The molecule has 0 bridgehead atoms. The lowest BCUT2D eigenvalue weighted by Gasteiger charge is -2.12. The molecule has 1 N–H and O–H groups in total. The Bertz CT molecular complexity index is 1280. The van der Waals surface area contributed by atoms with Gasteiger partial charge in [-0.2, -0.15) is 4.98 Å². The molecule has 4 rings (SSSR count). The lowest BCUT2D eigenvalue weighted by atomic mass is 10.1. The van der Waals surface area contributed by atoms with Gasteiger partial charge in [0.05, 0.1) is 27.9 Å². The molecule has 182 valence electrons. The van der Waals surface area contributed by atoms with Crippen molar-refractivity contribution in [2.45, 2.75) is 20.1 Å². The van der Waals surface area contributed by atoms with E-state index in [2.05, 4.69) is 15.5 Å². The predicted octanol–water partition coefficient (Wildman–Crippen LogP) is 5.92. The molecule has 4 aromatic rings. The van der Waals surface area contributed by atoms with Gasteiger partial charge in [0.25, 0.3) is 0 Å². The number of anilines is 1. The summed E-state index contributed by atoms with van der Waals surface area (Å²) in [6.07, 6.45) is 0. The molecular formula is C26H26ClN3O5. The Morgan fingerprint density at radius 1 is 0.914 bits per heavy atom. The molecule has 8 nitrogen and oxygen atoms in total. The van der Waals surface area contributed by atoms with Gasteiger partial charge in [-0.15, -0.1) is 0 Å². The minimum Gasteiger partial charge on any atom is -0.493 e. The van der Waals surface area contributed by atoms with Gasteiger partial charge < -0.3 is 28.8 Å². The van der Waals surface area contributed by atoms with E-state index in [9.17, 15) is 0 Å². The molecule has 0 amide bonds. The normalized spacial score (nSPS) is 10.7. The first kappa shape index (κ1) is 24.2. The van der Waals surface area contributed by atoms with Crippen molar-refractivity contribution in [3.05, 3.63) is 76.6 Å². The van der Waals surface area contributed by atoms with Gasteiger partial charge in [0, 0.05) is 22.3 Å². The van der Waals surface area contributed by atoms with Gasteiger partial charge >= 0.3 is 0 Å². The van der Waals surface area contributed by atoms with Gasteiger partial charge in [-0.1, -0.05) is 35.0 Å². The number of nitrogens with zero attached hydrogens (tertiary/aromatic N) is 2. The number of halogens is 1. The standard InChI is InChI=1S/C26H26ClN3O5/c1-16-8-9-20(13-21(16)34-15-17-6-5-7-19(27)10-17)28-14-24-29-26(30-35-24)18-11-22(31-2)25(33-4)23(12-18)32-3/h5-13,28H,14-15H2,1-4H3. The van der Waals surface area contributed by atoms with Gasteiger partial charge in [-0.05, 0) is 48.4 Å². The number of hydrogen-bond acceptors (Lipinski definition) is 8. The predicted molar refractivity (Wildman–Crippen MR) is 134 cm³/mol. The van der Waals surface area contributed by atoms with E-state index in [4.69, 9.17) is 35.1 Å². The Labute approximate surface area is 208 Å². The van der Waals surface area contributed by atoms with E-state index in [-0.39, 0.29) is 0 Å². The third-order valence-electron chi connectivity index (χ3n) is 5.31. The molecular weight excluding hydrogens is 470 g/mol. The van der Waals surface area contributed by atoms with Crippen LogP contribution < -0.4 is 24.3 Å². The molecule has 1 heterocycles. The average molecular weight is 496 g/mol. The second kappa shape index (κ2) is 11.0. The number of nitrogens with one attached hydrogen (secondary N) is 1. The summed E-state index contributed by atoms with van der Waals surface area (Å²) in [6.45, 7) is 2.76. The maximum Gasteiger partial charge on any atom is 0.246 e. The van der Waals surface area contributed by atoms with E-state index in [1.165, 1.54) is 0 Å². The minimum atomic E-state index is 0.341. The second-order valence-corrected chi connectivity index (χ2v) is 8.11. The van der Waals surface area contributed by atoms with Crippen LogP contribution in [0.15, 0.2) is 59.1 Å². The van der Waals surface area contributed by atoms with E-state index in [0.717, 1.165) is 22.6 Å². The van der Waals surface area contributed by atoms with E-state index in [1.54, 1.807) is 33.5 Å². The fraction of sp³-hybridized carbons (Fsp3) is 0.231. The Balaban J connectivity index is 1.44. The summed E-state index contributed by atoms with van der Waals surface area (Å²) in [6, 6.07) is 17.1. The molecule has 3 aromatic carbocycles. The van der Waals surface area contributed by atoms with Crippen molar-refractivity contribution < 1.29 is 23.5 Å². The highest BCUT2D eigenvalue weighted by Gasteiger charge is 2.17. The lowest BCUT2D eigenvalue weighted by molar-refractivity contribution is 0.304. The number of benzene rings is 3. The minimum absolute atomic E-state index is 0.341. The maximum atomic E-state index is 6.06. The highest BCUT2D eigenvalue weighted by Crippen LogP contribution is 2.40. The molecule has 0 atom stereocenters. The first-order valence-corrected chi connectivity index (χ1v) is 11.2.